The predicted octanol–water partition coefficient (Wildman–Crippen LogP) is 2.76. The number of rotatable bonds is 6. The Morgan fingerprint density at radius 2 is 1.73 bits per heavy atom. The van der Waals surface area contributed by atoms with Crippen LogP contribution in [0.5, 0.6) is 0 Å². The minimum absolute atomic E-state index is 0.174. The van der Waals surface area contributed by atoms with Crippen LogP contribution in [-0.2, 0) is 14.4 Å². The van der Waals surface area contributed by atoms with Crippen molar-refractivity contribution in [3.05, 3.63) is 35.4 Å². The van der Waals surface area contributed by atoms with Crippen LogP contribution in [0.15, 0.2) is 24.3 Å². The molecule has 2 fully saturated rings. The van der Waals surface area contributed by atoms with Crippen LogP contribution in [0, 0.1) is 0 Å². The fourth-order valence-electron chi connectivity index (χ4n) is 4.04. The Morgan fingerprint density at radius 3 is 2.35 bits per heavy atom. The van der Waals surface area contributed by atoms with E-state index in [-0.39, 0.29) is 17.7 Å². The van der Waals surface area contributed by atoms with Crippen molar-refractivity contribution < 1.29 is 14.4 Å². The van der Waals surface area contributed by atoms with E-state index in [0.29, 0.717) is 37.5 Å². The van der Waals surface area contributed by atoms with E-state index in [1.54, 1.807) is 0 Å². The smallest absolute Gasteiger partial charge is 0.234 e. The summed E-state index contributed by atoms with van der Waals surface area (Å²) in [5.41, 5.74) is 2.29. The van der Waals surface area contributed by atoms with Gasteiger partial charge in [0, 0.05) is 12.8 Å². The van der Waals surface area contributed by atoms with Crippen LogP contribution in [0.25, 0.3) is 0 Å². The van der Waals surface area contributed by atoms with Gasteiger partial charge in [0.25, 0.3) is 0 Å². The van der Waals surface area contributed by atoms with Gasteiger partial charge in [-0.05, 0) is 55.8 Å². The Kier molecular flexibility index (Phi) is 6.20. The van der Waals surface area contributed by atoms with Crippen molar-refractivity contribution in [2.45, 2.75) is 57.3 Å². The molecule has 26 heavy (non-hydrogen) atoms. The number of hydrogen-bond acceptors (Lipinski definition) is 4. The zero-order valence-corrected chi connectivity index (χ0v) is 15.5. The fraction of sp³-hybridized carbons (Fsp3) is 0.571. The first-order valence-electron chi connectivity index (χ1n) is 9.74. The standard InChI is InChI=1S/C21H28N2O3/c1-2-3-18(24)14-23-12-10-16(11-13-23)15-4-6-17(7-5-15)19-8-9-20(25)22-21(19)26/h4-7,16,19H,2-3,8-14H2,1H3,(H,22,25,26). The molecule has 1 aromatic carbocycles. The van der Waals surface area contributed by atoms with Gasteiger partial charge in [0.05, 0.1) is 12.5 Å². The molecule has 0 spiro atoms. The molecule has 0 radical (unpaired) electrons. The van der Waals surface area contributed by atoms with Crippen molar-refractivity contribution in [3.8, 4) is 0 Å². The van der Waals surface area contributed by atoms with E-state index in [0.717, 1.165) is 37.9 Å². The van der Waals surface area contributed by atoms with Crippen LogP contribution in [0.4, 0.5) is 0 Å². The molecule has 1 N–H and O–H groups in total. The lowest BCUT2D eigenvalue weighted by Crippen LogP contribution is -2.39. The number of hydrogen-bond donors (Lipinski definition) is 1. The third-order valence-corrected chi connectivity index (χ3v) is 5.57. The molecule has 0 aliphatic carbocycles. The average molecular weight is 356 g/mol. The van der Waals surface area contributed by atoms with Gasteiger partial charge in [-0.2, -0.15) is 0 Å². The summed E-state index contributed by atoms with van der Waals surface area (Å²) < 4.78 is 0. The molecule has 140 valence electrons. The van der Waals surface area contributed by atoms with E-state index >= 15 is 0 Å². The van der Waals surface area contributed by atoms with E-state index in [1.165, 1.54) is 5.56 Å². The fourth-order valence-corrected chi connectivity index (χ4v) is 4.04. The second-order valence-electron chi connectivity index (χ2n) is 7.51. The molecule has 2 aliphatic heterocycles. The highest BCUT2D eigenvalue weighted by molar-refractivity contribution is 6.00. The van der Waals surface area contributed by atoms with Gasteiger partial charge in [0.15, 0.2) is 0 Å². The topological polar surface area (TPSA) is 66.5 Å². The maximum absolute atomic E-state index is 12.0. The lowest BCUT2D eigenvalue weighted by molar-refractivity contribution is -0.134. The highest BCUT2D eigenvalue weighted by Crippen LogP contribution is 2.30. The van der Waals surface area contributed by atoms with E-state index in [4.69, 9.17) is 0 Å². The van der Waals surface area contributed by atoms with E-state index in [9.17, 15) is 14.4 Å². The highest BCUT2D eigenvalue weighted by Gasteiger charge is 2.28. The van der Waals surface area contributed by atoms with Crippen molar-refractivity contribution in [2.24, 2.45) is 0 Å². The summed E-state index contributed by atoms with van der Waals surface area (Å²) in [6.07, 6.45) is 4.74. The van der Waals surface area contributed by atoms with Crippen LogP contribution in [0.1, 0.15) is 68.4 Å². The number of Topliss-reactive ketones (excluding diaryl/α,β-unsaturated/α-hetero) is 1. The monoisotopic (exact) mass is 356 g/mol. The van der Waals surface area contributed by atoms with Gasteiger partial charge < -0.3 is 0 Å². The van der Waals surface area contributed by atoms with E-state index < -0.39 is 0 Å². The Bertz CT molecular complexity index is 660. The van der Waals surface area contributed by atoms with Crippen LogP contribution < -0.4 is 5.32 Å². The molecule has 2 heterocycles. The van der Waals surface area contributed by atoms with Crippen molar-refractivity contribution in [2.75, 3.05) is 19.6 Å². The molecule has 2 aliphatic rings. The molecule has 0 saturated carbocycles. The largest absolute Gasteiger partial charge is 0.298 e. The lowest BCUT2D eigenvalue weighted by atomic mass is 9.86. The minimum Gasteiger partial charge on any atom is -0.298 e. The third-order valence-electron chi connectivity index (χ3n) is 5.57. The average Bonchev–Trinajstić information content (AvgIpc) is 2.63. The first-order valence-corrected chi connectivity index (χ1v) is 9.74. The van der Waals surface area contributed by atoms with Gasteiger partial charge >= 0.3 is 0 Å². The molecule has 2 saturated heterocycles. The Balaban J connectivity index is 1.54. The van der Waals surface area contributed by atoms with Crippen molar-refractivity contribution in [1.82, 2.24) is 10.2 Å². The highest BCUT2D eigenvalue weighted by atomic mass is 16.2. The zero-order chi connectivity index (χ0) is 18.5. The zero-order valence-electron chi connectivity index (χ0n) is 15.5. The molecule has 0 aromatic heterocycles. The van der Waals surface area contributed by atoms with Gasteiger partial charge in [0.2, 0.25) is 11.8 Å². The van der Waals surface area contributed by atoms with Crippen LogP contribution in [0.3, 0.4) is 0 Å². The number of nitrogens with zero attached hydrogens (tertiary/aromatic N) is 1. The number of piperidine rings is 2. The number of carbonyl (C=O) groups is 3. The molecule has 1 aromatic rings. The summed E-state index contributed by atoms with van der Waals surface area (Å²) in [6.45, 7) is 4.57. The van der Waals surface area contributed by atoms with E-state index in [2.05, 4.69) is 22.3 Å². The summed E-state index contributed by atoms with van der Waals surface area (Å²) in [5.74, 6) is 0.294. The first-order chi connectivity index (χ1) is 12.6. The second-order valence-corrected chi connectivity index (χ2v) is 7.51. The molecular formula is C21H28N2O3. The Morgan fingerprint density at radius 1 is 1.08 bits per heavy atom. The predicted molar refractivity (Wildman–Crippen MR) is 99.9 cm³/mol. The molecular weight excluding hydrogens is 328 g/mol. The summed E-state index contributed by atoms with van der Waals surface area (Å²) in [6, 6.07) is 8.32. The summed E-state index contributed by atoms with van der Waals surface area (Å²) in [4.78, 5) is 37.4. The minimum atomic E-state index is -0.215. The summed E-state index contributed by atoms with van der Waals surface area (Å²) in [5, 5.41) is 2.42. The molecule has 1 atom stereocenters. The number of ketones is 1. The molecule has 1 unspecified atom stereocenters. The molecule has 0 bridgehead atoms. The molecule has 5 nitrogen and oxygen atoms in total. The van der Waals surface area contributed by atoms with Gasteiger partial charge in [-0.3, -0.25) is 24.6 Å². The van der Waals surface area contributed by atoms with Crippen LogP contribution >= 0.6 is 0 Å². The van der Waals surface area contributed by atoms with Gasteiger partial charge in [-0.1, -0.05) is 31.2 Å². The van der Waals surface area contributed by atoms with E-state index in [1.807, 2.05) is 19.1 Å². The number of benzene rings is 1. The molecule has 3 rings (SSSR count). The van der Waals surface area contributed by atoms with Gasteiger partial charge in [0.1, 0.15) is 5.78 Å². The second kappa shape index (κ2) is 8.58. The maximum atomic E-state index is 12.0. The normalized spacial score (nSPS) is 22.3. The Hall–Kier alpha value is -2.01. The summed E-state index contributed by atoms with van der Waals surface area (Å²) in [7, 11) is 0. The van der Waals surface area contributed by atoms with Crippen LogP contribution in [-0.4, -0.2) is 42.1 Å². The third kappa shape index (κ3) is 4.58. The van der Waals surface area contributed by atoms with Crippen molar-refractivity contribution in [1.29, 1.82) is 0 Å². The first kappa shape index (κ1) is 18.8. The van der Waals surface area contributed by atoms with Crippen LogP contribution in [0.2, 0.25) is 0 Å². The lowest BCUT2D eigenvalue weighted by Gasteiger charge is -2.32. The van der Waals surface area contributed by atoms with Crippen molar-refractivity contribution >= 4 is 17.6 Å². The number of amides is 2. The van der Waals surface area contributed by atoms with Crippen molar-refractivity contribution in [3.63, 3.8) is 0 Å². The molecule has 5 heteroatoms. The quantitative estimate of drug-likeness (QED) is 0.796. The maximum Gasteiger partial charge on any atom is 0.234 e. The van der Waals surface area contributed by atoms with Gasteiger partial charge in [-0.25, -0.2) is 0 Å². The number of carbonyl (C=O) groups excluding carboxylic acids is 3. The molecule has 2 amide bonds. The number of likely N-dealkylation sites (tertiary alicyclic amines) is 1. The van der Waals surface area contributed by atoms with Gasteiger partial charge in [-0.15, -0.1) is 0 Å². The summed E-state index contributed by atoms with van der Waals surface area (Å²) >= 11 is 0. The number of imide groups is 1. The Labute approximate surface area is 155 Å². The number of nitrogens with one attached hydrogen (secondary N) is 1. The SMILES string of the molecule is CCCC(=O)CN1CCC(c2ccc(C3CCC(=O)NC3=O)cc2)CC1.